The highest BCUT2D eigenvalue weighted by Gasteiger charge is 2.66. The van der Waals surface area contributed by atoms with Crippen molar-refractivity contribution in [2.75, 3.05) is 13.2 Å². The fourth-order valence-electron chi connectivity index (χ4n) is 6.76. The summed E-state index contributed by atoms with van der Waals surface area (Å²) in [6.45, 7) is 11.3. The first kappa shape index (κ1) is 29.3. The molecule has 1 saturated carbocycles. The third-order valence-electron chi connectivity index (χ3n) is 8.82. The summed E-state index contributed by atoms with van der Waals surface area (Å²) < 4.78 is 12.9. The van der Waals surface area contributed by atoms with Crippen LogP contribution in [-0.4, -0.2) is 45.1 Å². The molecule has 3 aromatic rings. The third kappa shape index (κ3) is 5.91. The Hall–Kier alpha value is -3.22. The van der Waals surface area contributed by atoms with E-state index in [1.807, 2.05) is 47.4 Å². The number of carbonyl (C=O) groups excluding carboxylic acids is 2. The van der Waals surface area contributed by atoms with Crippen molar-refractivity contribution in [3.8, 4) is 0 Å². The Morgan fingerprint density at radius 1 is 0.927 bits per heavy atom. The number of hydrogen-bond donors (Lipinski definition) is 0. The number of nitrogens with zero attached hydrogens (tertiary/aromatic N) is 1. The Kier molecular flexibility index (Phi) is 8.53. The predicted octanol–water partition coefficient (Wildman–Crippen LogP) is 5.40. The highest BCUT2D eigenvalue weighted by atomic mass is 28.3. The van der Waals surface area contributed by atoms with Crippen molar-refractivity contribution in [3.05, 3.63) is 96.6 Å². The highest BCUT2D eigenvalue weighted by Crippen LogP contribution is 2.63. The van der Waals surface area contributed by atoms with Crippen LogP contribution in [0.4, 0.5) is 0 Å². The van der Waals surface area contributed by atoms with Crippen molar-refractivity contribution in [1.29, 1.82) is 0 Å². The fourth-order valence-corrected chi connectivity index (χ4v) is 9.18. The quantitative estimate of drug-likeness (QED) is 0.187. The number of benzene rings is 3. The van der Waals surface area contributed by atoms with Gasteiger partial charge in [0.25, 0.3) is 9.04 Å². The molecule has 0 aromatic heterocycles. The van der Waals surface area contributed by atoms with Crippen LogP contribution < -0.4 is 10.4 Å². The monoisotopic (exact) mass is 568 g/mol. The average molecular weight is 569 g/mol. The molecular formula is C35H42NO4Si. The number of rotatable bonds is 10. The van der Waals surface area contributed by atoms with Crippen molar-refractivity contribution in [2.45, 2.75) is 59.6 Å². The van der Waals surface area contributed by atoms with Gasteiger partial charge in [0.05, 0.1) is 18.8 Å². The standard InChI is InChI=1S/C35H42NO4Si/c1-6-39-32(38)30-29(24-36(31(30)37)25(2)26-16-10-7-11-17-26)35(22-23-35)33(34(3,4)5)40-41(27-18-12-8-13-19-27)28-20-14-9-15-21-28/h7-21,25,29-30,33H,6,22-24H2,1-5H3/t25-,29+,30?,33?/m0/s1. The smallest absolute Gasteiger partial charge is 0.318 e. The molecule has 0 bridgehead atoms. The first-order valence-corrected chi connectivity index (χ1v) is 16.2. The minimum absolute atomic E-state index is 0.125. The molecule has 1 aliphatic carbocycles. The van der Waals surface area contributed by atoms with Crippen molar-refractivity contribution in [3.63, 3.8) is 0 Å². The Morgan fingerprint density at radius 3 is 1.90 bits per heavy atom. The number of likely N-dealkylation sites (tertiary alicyclic amines) is 1. The molecule has 6 heteroatoms. The van der Waals surface area contributed by atoms with Crippen LogP contribution in [0.2, 0.25) is 0 Å². The minimum Gasteiger partial charge on any atom is -0.465 e. The van der Waals surface area contributed by atoms with Crippen LogP contribution in [0, 0.1) is 22.7 Å². The molecule has 41 heavy (non-hydrogen) atoms. The van der Waals surface area contributed by atoms with E-state index >= 15 is 0 Å². The van der Waals surface area contributed by atoms with Crippen LogP contribution in [0.1, 0.15) is 59.1 Å². The lowest BCUT2D eigenvalue weighted by molar-refractivity contribution is -0.155. The van der Waals surface area contributed by atoms with Crippen LogP contribution in [-0.2, 0) is 18.8 Å². The summed E-state index contributed by atoms with van der Waals surface area (Å²) in [6.07, 6.45) is 1.70. The summed E-state index contributed by atoms with van der Waals surface area (Å²) in [7, 11) is -1.60. The molecule has 1 heterocycles. The van der Waals surface area contributed by atoms with E-state index in [0.717, 1.165) is 18.4 Å². The van der Waals surface area contributed by atoms with Gasteiger partial charge < -0.3 is 14.1 Å². The van der Waals surface area contributed by atoms with E-state index in [9.17, 15) is 9.59 Å². The van der Waals surface area contributed by atoms with E-state index in [1.54, 1.807) is 6.92 Å². The molecule has 1 amide bonds. The SMILES string of the molecule is CCOC(=O)C1C(=O)N([C@@H](C)c2ccccc2)C[C@H]1C1(C(O[Si](c2ccccc2)c2ccccc2)C(C)(C)C)CC1. The zero-order chi connectivity index (χ0) is 29.2. The van der Waals surface area contributed by atoms with Gasteiger partial charge in [-0.3, -0.25) is 9.59 Å². The first-order chi connectivity index (χ1) is 19.7. The molecule has 4 atom stereocenters. The van der Waals surface area contributed by atoms with Gasteiger partial charge in [-0.1, -0.05) is 112 Å². The maximum Gasteiger partial charge on any atom is 0.318 e. The maximum atomic E-state index is 14.0. The zero-order valence-corrected chi connectivity index (χ0v) is 25.9. The molecular weight excluding hydrogens is 526 g/mol. The Labute approximate surface area is 246 Å². The summed E-state index contributed by atoms with van der Waals surface area (Å²) in [5.74, 6) is -1.53. The largest absolute Gasteiger partial charge is 0.465 e. The second-order valence-corrected chi connectivity index (χ2v) is 14.6. The first-order valence-electron chi connectivity index (χ1n) is 14.8. The Bertz CT molecular complexity index is 1280. The van der Waals surface area contributed by atoms with Gasteiger partial charge in [-0.2, -0.15) is 0 Å². The van der Waals surface area contributed by atoms with E-state index < -0.39 is 20.9 Å². The Balaban J connectivity index is 1.54. The van der Waals surface area contributed by atoms with Gasteiger partial charge in [-0.25, -0.2) is 0 Å². The summed E-state index contributed by atoms with van der Waals surface area (Å²) in [6, 6.07) is 30.9. The number of esters is 1. The van der Waals surface area contributed by atoms with Crippen LogP contribution in [0.25, 0.3) is 0 Å². The van der Waals surface area contributed by atoms with E-state index in [4.69, 9.17) is 9.16 Å². The molecule has 3 aromatic carbocycles. The number of amides is 1. The second-order valence-electron chi connectivity index (χ2n) is 12.6. The average Bonchev–Trinajstić information content (AvgIpc) is 3.69. The number of ether oxygens (including phenoxy) is 1. The lowest BCUT2D eigenvalue weighted by atomic mass is 9.70. The molecule has 1 aliphatic heterocycles. The van der Waals surface area contributed by atoms with Crippen LogP contribution in [0.3, 0.4) is 0 Å². The van der Waals surface area contributed by atoms with Gasteiger partial charge in [0.1, 0.15) is 5.92 Å². The number of hydrogen-bond acceptors (Lipinski definition) is 4. The molecule has 5 rings (SSSR count). The number of carbonyl (C=O) groups is 2. The van der Waals surface area contributed by atoms with E-state index in [1.165, 1.54) is 10.4 Å². The lowest BCUT2D eigenvalue weighted by Crippen LogP contribution is -2.54. The van der Waals surface area contributed by atoms with E-state index in [2.05, 4.69) is 76.2 Å². The van der Waals surface area contributed by atoms with Gasteiger partial charge in [-0.15, -0.1) is 0 Å². The maximum absolute atomic E-state index is 14.0. The molecule has 0 N–H and O–H groups in total. The van der Waals surface area contributed by atoms with Gasteiger partial charge >= 0.3 is 5.97 Å². The van der Waals surface area contributed by atoms with Gasteiger partial charge in [0.2, 0.25) is 5.91 Å². The van der Waals surface area contributed by atoms with Crippen molar-refractivity contribution >= 4 is 31.3 Å². The zero-order valence-electron chi connectivity index (χ0n) is 24.9. The van der Waals surface area contributed by atoms with Crippen molar-refractivity contribution < 1.29 is 18.8 Å². The van der Waals surface area contributed by atoms with Gasteiger partial charge in [0.15, 0.2) is 0 Å². The highest BCUT2D eigenvalue weighted by molar-refractivity contribution is 6.80. The second kappa shape index (κ2) is 11.9. The predicted molar refractivity (Wildman–Crippen MR) is 164 cm³/mol. The summed E-state index contributed by atoms with van der Waals surface area (Å²) in [4.78, 5) is 29.4. The van der Waals surface area contributed by atoms with E-state index in [-0.39, 0.29) is 41.4 Å². The fraction of sp³-hybridized carbons (Fsp3) is 0.429. The van der Waals surface area contributed by atoms with Crippen molar-refractivity contribution in [1.82, 2.24) is 4.90 Å². The van der Waals surface area contributed by atoms with Crippen molar-refractivity contribution in [2.24, 2.45) is 22.7 Å². The lowest BCUT2D eigenvalue weighted by Gasteiger charge is -2.43. The molecule has 0 spiro atoms. The molecule has 215 valence electrons. The van der Waals surface area contributed by atoms with Crippen LogP contribution in [0.5, 0.6) is 0 Å². The topological polar surface area (TPSA) is 55.8 Å². The minimum atomic E-state index is -1.60. The summed E-state index contributed by atoms with van der Waals surface area (Å²) >= 11 is 0. The van der Waals surface area contributed by atoms with E-state index in [0.29, 0.717) is 6.54 Å². The van der Waals surface area contributed by atoms with Gasteiger partial charge in [0, 0.05) is 17.9 Å². The van der Waals surface area contributed by atoms with Crippen LogP contribution in [0.15, 0.2) is 91.0 Å². The molecule has 2 fully saturated rings. The normalized spacial score (nSPS) is 21.5. The third-order valence-corrected chi connectivity index (χ3v) is 11.0. The molecule has 1 saturated heterocycles. The Morgan fingerprint density at radius 2 is 1.44 bits per heavy atom. The molecule has 2 aliphatic rings. The molecule has 5 nitrogen and oxygen atoms in total. The molecule has 2 unspecified atom stereocenters. The summed E-state index contributed by atoms with van der Waals surface area (Å²) in [5, 5.41) is 2.38. The molecule has 1 radical (unpaired) electrons. The van der Waals surface area contributed by atoms with Gasteiger partial charge in [-0.05, 0) is 48.0 Å². The summed E-state index contributed by atoms with van der Waals surface area (Å²) in [5.41, 5.74) is 0.559. The van der Waals surface area contributed by atoms with Crippen LogP contribution >= 0.6 is 0 Å².